The lowest BCUT2D eigenvalue weighted by Crippen LogP contribution is -2.16. The minimum atomic E-state index is -0.540. The van der Waals surface area contributed by atoms with E-state index in [4.69, 9.17) is 9.84 Å². The topological polar surface area (TPSA) is 58.6 Å². The number of anilines is 1. The number of rotatable bonds is 4. The normalized spacial score (nSPS) is 10.2. The number of benzene rings is 1. The number of aliphatic hydroxyl groups is 1. The summed E-state index contributed by atoms with van der Waals surface area (Å²) in [5, 5.41) is 11.2. The van der Waals surface area contributed by atoms with Gasteiger partial charge in [0.25, 0.3) is 0 Å². The second-order valence-corrected chi connectivity index (χ2v) is 3.73. The second-order valence-electron chi connectivity index (χ2n) is 3.73. The van der Waals surface area contributed by atoms with Crippen molar-refractivity contribution >= 4 is 11.8 Å². The number of amides is 1. The van der Waals surface area contributed by atoms with Crippen molar-refractivity contribution in [2.75, 3.05) is 18.5 Å². The van der Waals surface area contributed by atoms with E-state index in [1.165, 1.54) is 0 Å². The lowest BCUT2D eigenvalue weighted by atomic mass is 10.0. The Balaban J connectivity index is 2.69. The lowest BCUT2D eigenvalue weighted by molar-refractivity contribution is 0.131. The maximum absolute atomic E-state index is 11.3. The van der Waals surface area contributed by atoms with Crippen molar-refractivity contribution in [3.8, 4) is 0 Å². The van der Waals surface area contributed by atoms with Crippen molar-refractivity contribution in [1.82, 2.24) is 0 Å². The van der Waals surface area contributed by atoms with Gasteiger partial charge in [-0.05, 0) is 17.5 Å². The number of nitrogens with one attached hydrogen (secondary N) is 1. The Morgan fingerprint density at radius 1 is 1.44 bits per heavy atom. The van der Waals surface area contributed by atoms with Crippen LogP contribution in [-0.2, 0) is 4.74 Å². The molecule has 0 aliphatic rings. The number of hydrogen-bond donors (Lipinski definition) is 2. The van der Waals surface area contributed by atoms with E-state index in [0.717, 1.165) is 11.3 Å². The average Bonchev–Trinajstić information content (AvgIpc) is 2.27. The van der Waals surface area contributed by atoms with Gasteiger partial charge in [0, 0.05) is 5.69 Å². The van der Waals surface area contributed by atoms with Crippen molar-refractivity contribution in [2.24, 2.45) is 0 Å². The summed E-state index contributed by atoms with van der Waals surface area (Å²) in [6.45, 7) is 3.95. The van der Waals surface area contributed by atoms with Gasteiger partial charge in [-0.15, -0.1) is 0 Å². The molecule has 2 N–H and O–H groups in total. The van der Waals surface area contributed by atoms with E-state index in [2.05, 4.69) is 19.2 Å². The van der Waals surface area contributed by atoms with Crippen LogP contribution in [0, 0.1) is 0 Å². The molecule has 0 saturated carbocycles. The predicted molar refractivity (Wildman–Crippen MR) is 62.6 cm³/mol. The van der Waals surface area contributed by atoms with Crippen LogP contribution < -0.4 is 5.32 Å². The molecule has 1 aromatic rings. The molecule has 1 rings (SSSR count). The van der Waals surface area contributed by atoms with Crippen molar-refractivity contribution in [3.05, 3.63) is 29.8 Å². The molecular formula is C12H17NO3. The molecule has 4 heteroatoms. The Morgan fingerprint density at radius 2 is 2.12 bits per heavy atom. The van der Waals surface area contributed by atoms with Crippen molar-refractivity contribution in [2.45, 2.75) is 19.8 Å². The molecule has 0 aliphatic heterocycles. The molecule has 0 aliphatic carbocycles. The average molecular weight is 223 g/mol. The zero-order valence-corrected chi connectivity index (χ0v) is 9.56. The zero-order chi connectivity index (χ0) is 12.0. The highest BCUT2D eigenvalue weighted by atomic mass is 16.6. The second kappa shape index (κ2) is 6.12. The molecule has 88 valence electrons. The predicted octanol–water partition coefficient (Wildman–Crippen LogP) is 2.35. The minimum absolute atomic E-state index is 0.00960. The number of aliphatic hydroxyl groups excluding tert-OH is 1. The first-order chi connectivity index (χ1) is 7.65. The Kier molecular flexibility index (Phi) is 4.79. The van der Waals surface area contributed by atoms with Gasteiger partial charge in [-0.1, -0.05) is 32.0 Å². The standard InChI is InChI=1S/C12H17NO3/c1-9(2)10-5-3-4-6-11(10)13-12(15)16-8-7-14/h3-6,9,14H,7-8H2,1-2H3,(H,13,15). The van der Waals surface area contributed by atoms with Crippen LogP contribution in [0.1, 0.15) is 25.3 Å². The highest BCUT2D eigenvalue weighted by molar-refractivity contribution is 5.85. The fourth-order valence-electron chi connectivity index (χ4n) is 1.40. The summed E-state index contributed by atoms with van der Waals surface area (Å²) in [7, 11) is 0. The van der Waals surface area contributed by atoms with Gasteiger partial charge >= 0.3 is 6.09 Å². The molecular weight excluding hydrogens is 206 g/mol. The fourth-order valence-corrected chi connectivity index (χ4v) is 1.40. The third-order valence-corrected chi connectivity index (χ3v) is 2.14. The lowest BCUT2D eigenvalue weighted by Gasteiger charge is -2.13. The SMILES string of the molecule is CC(C)c1ccccc1NC(=O)OCCO. The van der Waals surface area contributed by atoms with E-state index in [1.54, 1.807) is 0 Å². The van der Waals surface area contributed by atoms with E-state index in [9.17, 15) is 4.79 Å². The van der Waals surface area contributed by atoms with Crippen LogP contribution in [0.2, 0.25) is 0 Å². The first-order valence-electron chi connectivity index (χ1n) is 5.28. The van der Waals surface area contributed by atoms with E-state index in [1.807, 2.05) is 24.3 Å². The number of ether oxygens (including phenoxy) is 1. The van der Waals surface area contributed by atoms with Gasteiger partial charge in [-0.2, -0.15) is 0 Å². The van der Waals surface area contributed by atoms with Gasteiger partial charge in [0.1, 0.15) is 6.61 Å². The van der Waals surface area contributed by atoms with E-state index >= 15 is 0 Å². The summed E-state index contributed by atoms with van der Waals surface area (Å²) in [6, 6.07) is 7.58. The summed E-state index contributed by atoms with van der Waals surface area (Å²) in [4.78, 5) is 11.3. The minimum Gasteiger partial charge on any atom is -0.447 e. The Morgan fingerprint density at radius 3 is 2.75 bits per heavy atom. The van der Waals surface area contributed by atoms with Gasteiger partial charge in [0.15, 0.2) is 0 Å². The summed E-state index contributed by atoms with van der Waals surface area (Å²) in [6.07, 6.45) is -0.540. The van der Waals surface area contributed by atoms with Gasteiger partial charge < -0.3 is 9.84 Å². The molecule has 1 aromatic carbocycles. The van der Waals surface area contributed by atoms with Crippen LogP contribution in [0.5, 0.6) is 0 Å². The van der Waals surface area contributed by atoms with Crippen molar-refractivity contribution in [3.63, 3.8) is 0 Å². The Labute approximate surface area is 95.2 Å². The molecule has 0 aromatic heterocycles. The quantitative estimate of drug-likeness (QED) is 0.823. The molecule has 0 heterocycles. The van der Waals surface area contributed by atoms with Crippen molar-refractivity contribution < 1.29 is 14.6 Å². The van der Waals surface area contributed by atoms with E-state index in [0.29, 0.717) is 5.92 Å². The number of carbonyl (C=O) groups is 1. The van der Waals surface area contributed by atoms with E-state index in [-0.39, 0.29) is 13.2 Å². The van der Waals surface area contributed by atoms with Crippen LogP contribution in [0.4, 0.5) is 10.5 Å². The third-order valence-electron chi connectivity index (χ3n) is 2.14. The molecule has 0 bridgehead atoms. The highest BCUT2D eigenvalue weighted by Crippen LogP contribution is 2.23. The molecule has 4 nitrogen and oxygen atoms in total. The van der Waals surface area contributed by atoms with Crippen LogP contribution in [0.25, 0.3) is 0 Å². The largest absolute Gasteiger partial charge is 0.447 e. The summed E-state index contributed by atoms with van der Waals surface area (Å²) in [5.41, 5.74) is 1.81. The summed E-state index contributed by atoms with van der Waals surface area (Å²) in [5.74, 6) is 0.328. The molecule has 0 spiro atoms. The maximum atomic E-state index is 11.3. The number of hydrogen-bond acceptors (Lipinski definition) is 3. The van der Waals surface area contributed by atoms with Gasteiger partial charge in [-0.3, -0.25) is 5.32 Å². The number of para-hydroxylation sites is 1. The molecule has 0 fully saturated rings. The Bertz CT molecular complexity index is 350. The first kappa shape index (κ1) is 12.5. The molecule has 0 unspecified atom stereocenters. The van der Waals surface area contributed by atoms with Crippen LogP contribution in [0.3, 0.4) is 0 Å². The van der Waals surface area contributed by atoms with Crippen molar-refractivity contribution in [1.29, 1.82) is 0 Å². The molecule has 0 atom stereocenters. The van der Waals surface area contributed by atoms with Gasteiger partial charge in [0.2, 0.25) is 0 Å². The molecule has 16 heavy (non-hydrogen) atoms. The smallest absolute Gasteiger partial charge is 0.411 e. The summed E-state index contributed by atoms with van der Waals surface area (Å²) < 4.78 is 4.73. The monoisotopic (exact) mass is 223 g/mol. The molecule has 0 saturated heterocycles. The van der Waals surface area contributed by atoms with Crippen LogP contribution >= 0.6 is 0 Å². The highest BCUT2D eigenvalue weighted by Gasteiger charge is 2.09. The third kappa shape index (κ3) is 3.55. The first-order valence-corrected chi connectivity index (χ1v) is 5.28. The summed E-state index contributed by atoms with van der Waals surface area (Å²) >= 11 is 0. The molecule has 1 amide bonds. The fraction of sp³-hybridized carbons (Fsp3) is 0.417. The number of carbonyl (C=O) groups excluding carboxylic acids is 1. The van der Waals surface area contributed by atoms with Gasteiger partial charge in [0.05, 0.1) is 6.61 Å². The Hall–Kier alpha value is -1.55. The van der Waals surface area contributed by atoms with Gasteiger partial charge in [-0.25, -0.2) is 4.79 Å². The van der Waals surface area contributed by atoms with Crippen LogP contribution in [-0.4, -0.2) is 24.4 Å². The van der Waals surface area contributed by atoms with E-state index < -0.39 is 6.09 Å². The zero-order valence-electron chi connectivity index (χ0n) is 9.56. The van der Waals surface area contributed by atoms with Crippen LogP contribution in [0.15, 0.2) is 24.3 Å². The maximum Gasteiger partial charge on any atom is 0.411 e. The molecule has 0 radical (unpaired) electrons.